The van der Waals surface area contributed by atoms with Crippen molar-refractivity contribution in [1.82, 2.24) is 9.78 Å². The largest absolute Gasteiger partial charge is 0.393 e. The minimum atomic E-state index is -0.201. The summed E-state index contributed by atoms with van der Waals surface area (Å²) in [5.74, 6) is 0. The molecule has 1 rings (SSSR count). The first-order chi connectivity index (χ1) is 6.52. The van der Waals surface area contributed by atoms with E-state index in [1.165, 1.54) is 11.3 Å². The predicted molar refractivity (Wildman–Crippen MR) is 57.4 cm³/mol. The van der Waals surface area contributed by atoms with Gasteiger partial charge in [0, 0.05) is 12.2 Å². The molecule has 1 N–H and O–H groups in total. The van der Waals surface area contributed by atoms with E-state index in [4.69, 9.17) is 5.11 Å². The topological polar surface area (TPSA) is 38.0 Å². The first kappa shape index (κ1) is 11.2. The van der Waals surface area contributed by atoms with Gasteiger partial charge in [0.05, 0.1) is 11.8 Å². The van der Waals surface area contributed by atoms with Crippen molar-refractivity contribution in [2.45, 2.75) is 53.2 Å². The SMILES string of the molecule is Cc1nn(CCCC(C)O)c(C)c1C. The smallest absolute Gasteiger partial charge is 0.0625 e. The normalized spacial score (nSPS) is 13.2. The zero-order chi connectivity index (χ0) is 10.7. The van der Waals surface area contributed by atoms with Crippen molar-refractivity contribution in [1.29, 1.82) is 0 Å². The van der Waals surface area contributed by atoms with Crippen molar-refractivity contribution in [3.05, 3.63) is 17.0 Å². The van der Waals surface area contributed by atoms with E-state index in [2.05, 4.69) is 18.9 Å². The molecule has 0 bridgehead atoms. The molecule has 0 aliphatic carbocycles. The van der Waals surface area contributed by atoms with Crippen molar-refractivity contribution in [2.75, 3.05) is 0 Å². The molecule has 14 heavy (non-hydrogen) atoms. The fourth-order valence-corrected chi connectivity index (χ4v) is 1.54. The molecule has 3 nitrogen and oxygen atoms in total. The van der Waals surface area contributed by atoms with Crippen LogP contribution in [0.4, 0.5) is 0 Å². The molecule has 80 valence electrons. The standard InChI is InChI=1S/C11H20N2O/c1-8(14)6-5-7-13-11(4)9(2)10(3)12-13/h8,14H,5-7H2,1-4H3. The van der Waals surface area contributed by atoms with Crippen LogP contribution in [-0.2, 0) is 6.54 Å². The Morgan fingerprint density at radius 2 is 2.00 bits per heavy atom. The van der Waals surface area contributed by atoms with Crippen LogP contribution in [0.1, 0.15) is 36.7 Å². The fraction of sp³-hybridized carbons (Fsp3) is 0.727. The highest BCUT2D eigenvalue weighted by Gasteiger charge is 2.06. The number of nitrogens with zero attached hydrogens (tertiary/aromatic N) is 2. The van der Waals surface area contributed by atoms with Crippen LogP contribution in [0.2, 0.25) is 0 Å². The minimum Gasteiger partial charge on any atom is -0.393 e. The molecule has 0 spiro atoms. The minimum absolute atomic E-state index is 0.201. The maximum atomic E-state index is 9.13. The van der Waals surface area contributed by atoms with E-state index in [1.54, 1.807) is 0 Å². The summed E-state index contributed by atoms with van der Waals surface area (Å²) in [6, 6.07) is 0. The van der Waals surface area contributed by atoms with Crippen molar-refractivity contribution in [3.8, 4) is 0 Å². The maximum absolute atomic E-state index is 9.13. The van der Waals surface area contributed by atoms with Crippen LogP contribution in [0, 0.1) is 20.8 Å². The Kier molecular flexibility index (Phi) is 3.69. The van der Waals surface area contributed by atoms with Crippen molar-refractivity contribution in [3.63, 3.8) is 0 Å². The summed E-state index contributed by atoms with van der Waals surface area (Å²) in [6.07, 6.45) is 1.63. The molecule has 1 aromatic heterocycles. The molecule has 3 heteroatoms. The Bertz CT molecular complexity index is 302. The van der Waals surface area contributed by atoms with Crippen LogP contribution in [0.25, 0.3) is 0 Å². The second-order valence-electron chi connectivity index (χ2n) is 4.01. The highest BCUT2D eigenvalue weighted by Crippen LogP contribution is 2.11. The second-order valence-corrected chi connectivity index (χ2v) is 4.01. The summed E-state index contributed by atoms with van der Waals surface area (Å²) in [7, 11) is 0. The number of aliphatic hydroxyl groups excluding tert-OH is 1. The summed E-state index contributed by atoms with van der Waals surface area (Å²) >= 11 is 0. The Labute approximate surface area is 85.8 Å². The number of rotatable bonds is 4. The summed E-state index contributed by atoms with van der Waals surface area (Å²) < 4.78 is 2.03. The van der Waals surface area contributed by atoms with E-state index in [-0.39, 0.29) is 6.10 Å². The van der Waals surface area contributed by atoms with Gasteiger partial charge in [0.15, 0.2) is 0 Å². The van der Waals surface area contributed by atoms with Gasteiger partial charge in [-0.05, 0) is 46.1 Å². The lowest BCUT2D eigenvalue weighted by Gasteiger charge is -2.06. The highest BCUT2D eigenvalue weighted by atomic mass is 16.3. The lowest BCUT2D eigenvalue weighted by atomic mass is 10.2. The van der Waals surface area contributed by atoms with Gasteiger partial charge in [-0.25, -0.2) is 0 Å². The molecule has 0 fully saturated rings. The molecule has 0 saturated heterocycles. The van der Waals surface area contributed by atoms with Crippen LogP contribution in [-0.4, -0.2) is 21.0 Å². The number of aryl methyl sites for hydroxylation is 2. The zero-order valence-electron chi connectivity index (χ0n) is 9.54. The molecule has 1 aromatic rings. The lowest BCUT2D eigenvalue weighted by molar-refractivity contribution is 0.179. The number of aromatic nitrogens is 2. The van der Waals surface area contributed by atoms with Gasteiger partial charge in [-0.1, -0.05) is 0 Å². The van der Waals surface area contributed by atoms with E-state index in [9.17, 15) is 0 Å². The fourth-order valence-electron chi connectivity index (χ4n) is 1.54. The van der Waals surface area contributed by atoms with Gasteiger partial charge in [0.2, 0.25) is 0 Å². The average molecular weight is 196 g/mol. The van der Waals surface area contributed by atoms with Gasteiger partial charge in [0.1, 0.15) is 0 Å². The van der Waals surface area contributed by atoms with E-state index in [1.807, 2.05) is 18.5 Å². The van der Waals surface area contributed by atoms with Gasteiger partial charge in [-0.2, -0.15) is 5.10 Å². The van der Waals surface area contributed by atoms with Gasteiger partial charge in [-0.3, -0.25) is 4.68 Å². The molecular weight excluding hydrogens is 176 g/mol. The van der Waals surface area contributed by atoms with Crippen LogP contribution in [0.15, 0.2) is 0 Å². The third kappa shape index (κ3) is 2.58. The van der Waals surface area contributed by atoms with E-state index in [0.717, 1.165) is 25.1 Å². The molecule has 0 aromatic carbocycles. The van der Waals surface area contributed by atoms with Crippen LogP contribution < -0.4 is 0 Å². The number of hydrogen-bond acceptors (Lipinski definition) is 2. The lowest BCUT2D eigenvalue weighted by Crippen LogP contribution is -2.06. The monoisotopic (exact) mass is 196 g/mol. The molecule has 1 heterocycles. The van der Waals surface area contributed by atoms with Gasteiger partial charge in [0.25, 0.3) is 0 Å². The molecule has 0 aliphatic heterocycles. The first-order valence-electron chi connectivity index (χ1n) is 5.21. The quantitative estimate of drug-likeness (QED) is 0.799. The summed E-state index contributed by atoms with van der Waals surface area (Å²) in [6.45, 7) is 8.96. The molecular formula is C11H20N2O. The van der Waals surface area contributed by atoms with Crippen LogP contribution in [0.5, 0.6) is 0 Å². The second kappa shape index (κ2) is 4.60. The van der Waals surface area contributed by atoms with E-state index in [0.29, 0.717) is 0 Å². The first-order valence-corrected chi connectivity index (χ1v) is 5.21. The Morgan fingerprint density at radius 3 is 2.43 bits per heavy atom. The van der Waals surface area contributed by atoms with Gasteiger partial charge < -0.3 is 5.11 Å². The summed E-state index contributed by atoms with van der Waals surface area (Å²) in [4.78, 5) is 0. The third-order valence-electron chi connectivity index (χ3n) is 2.74. The molecule has 0 aliphatic rings. The number of aliphatic hydroxyl groups is 1. The molecule has 0 saturated carbocycles. The highest BCUT2D eigenvalue weighted by molar-refractivity contribution is 5.21. The van der Waals surface area contributed by atoms with Gasteiger partial charge >= 0.3 is 0 Å². The van der Waals surface area contributed by atoms with Crippen LogP contribution >= 0.6 is 0 Å². The zero-order valence-corrected chi connectivity index (χ0v) is 9.54. The molecule has 0 radical (unpaired) electrons. The van der Waals surface area contributed by atoms with E-state index >= 15 is 0 Å². The molecule has 1 atom stereocenters. The molecule has 0 amide bonds. The average Bonchev–Trinajstić information content (AvgIpc) is 2.33. The maximum Gasteiger partial charge on any atom is 0.0625 e. The van der Waals surface area contributed by atoms with Crippen molar-refractivity contribution >= 4 is 0 Å². The molecule has 1 unspecified atom stereocenters. The Morgan fingerprint density at radius 1 is 1.36 bits per heavy atom. The van der Waals surface area contributed by atoms with Crippen molar-refractivity contribution in [2.24, 2.45) is 0 Å². The number of hydrogen-bond donors (Lipinski definition) is 1. The predicted octanol–water partition coefficient (Wildman–Crippen LogP) is 1.97. The van der Waals surface area contributed by atoms with E-state index < -0.39 is 0 Å². The Balaban J connectivity index is 2.55. The van der Waals surface area contributed by atoms with Crippen molar-refractivity contribution < 1.29 is 5.11 Å². The van der Waals surface area contributed by atoms with Crippen LogP contribution in [0.3, 0.4) is 0 Å². The third-order valence-corrected chi connectivity index (χ3v) is 2.74. The Hall–Kier alpha value is -0.830. The summed E-state index contributed by atoms with van der Waals surface area (Å²) in [5.41, 5.74) is 3.63. The summed E-state index contributed by atoms with van der Waals surface area (Å²) in [5, 5.41) is 13.6. The van der Waals surface area contributed by atoms with Gasteiger partial charge in [-0.15, -0.1) is 0 Å².